The van der Waals surface area contributed by atoms with Crippen LogP contribution in [0.5, 0.6) is 0 Å². The molecule has 0 radical (unpaired) electrons. The van der Waals surface area contributed by atoms with Crippen molar-refractivity contribution in [3.8, 4) is 0 Å². The first-order chi connectivity index (χ1) is 7.07. The van der Waals surface area contributed by atoms with Crippen LogP contribution < -0.4 is 5.32 Å². The smallest absolute Gasteiger partial charge is 0.320 e. The minimum absolute atomic E-state index is 0. The minimum Gasteiger partial charge on any atom is -0.480 e. The summed E-state index contributed by atoms with van der Waals surface area (Å²) in [4.78, 5) is 21.3. The van der Waals surface area contributed by atoms with Crippen LogP contribution in [-0.4, -0.2) is 36.2 Å². The number of nitrogens with one attached hydrogen (secondary N) is 1. The molecule has 0 saturated heterocycles. The van der Waals surface area contributed by atoms with Crippen molar-refractivity contribution in [3.05, 3.63) is 0 Å². The van der Waals surface area contributed by atoms with Crippen LogP contribution in [0.15, 0.2) is 0 Å². The van der Waals surface area contributed by atoms with E-state index in [0.29, 0.717) is 19.6 Å². The SMILES string of the molecule is CCOC(=O)CCCCN[C@@H](C)C(=O)O.Cl. The molecule has 0 saturated carbocycles. The summed E-state index contributed by atoms with van der Waals surface area (Å²) in [6.07, 6.45) is 1.89. The zero-order valence-electron chi connectivity index (χ0n) is 9.69. The van der Waals surface area contributed by atoms with Crippen LogP contribution in [0.3, 0.4) is 0 Å². The fraction of sp³-hybridized carbons (Fsp3) is 0.800. The van der Waals surface area contributed by atoms with E-state index in [1.165, 1.54) is 0 Å². The monoisotopic (exact) mass is 253 g/mol. The first kappa shape index (κ1) is 17.6. The standard InChI is InChI=1S/C10H19NO4.ClH/c1-3-15-9(12)6-4-5-7-11-8(2)10(13)14;/h8,11H,3-7H2,1-2H3,(H,13,14);1H/t8-;/m0./s1. The second-order valence-electron chi connectivity index (χ2n) is 3.28. The van der Waals surface area contributed by atoms with Gasteiger partial charge in [0, 0.05) is 6.42 Å². The van der Waals surface area contributed by atoms with E-state index >= 15 is 0 Å². The average Bonchev–Trinajstić information content (AvgIpc) is 2.17. The Labute approximate surface area is 102 Å². The Balaban J connectivity index is 0. The number of carboxylic acids is 1. The van der Waals surface area contributed by atoms with E-state index in [2.05, 4.69) is 5.32 Å². The van der Waals surface area contributed by atoms with Crippen LogP contribution in [0.1, 0.15) is 33.1 Å². The van der Waals surface area contributed by atoms with E-state index < -0.39 is 12.0 Å². The van der Waals surface area contributed by atoms with Crippen molar-refractivity contribution in [2.45, 2.75) is 39.2 Å². The summed E-state index contributed by atoms with van der Waals surface area (Å²) in [6.45, 7) is 4.38. The molecule has 2 N–H and O–H groups in total. The summed E-state index contributed by atoms with van der Waals surface area (Å²) < 4.78 is 4.75. The van der Waals surface area contributed by atoms with Gasteiger partial charge in [-0.05, 0) is 33.2 Å². The molecule has 0 unspecified atom stereocenters. The number of carboxylic acid groups (broad SMARTS) is 1. The quantitative estimate of drug-likeness (QED) is 0.502. The Morgan fingerprint density at radius 2 is 2.00 bits per heavy atom. The largest absolute Gasteiger partial charge is 0.480 e. The molecule has 0 bridgehead atoms. The Hall–Kier alpha value is -0.810. The van der Waals surface area contributed by atoms with Gasteiger partial charge in [-0.25, -0.2) is 0 Å². The van der Waals surface area contributed by atoms with Crippen molar-refractivity contribution in [1.29, 1.82) is 0 Å². The molecule has 96 valence electrons. The Bertz CT molecular complexity index is 211. The van der Waals surface area contributed by atoms with Gasteiger partial charge in [0.25, 0.3) is 0 Å². The number of ether oxygens (including phenoxy) is 1. The molecular formula is C10H20ClNO4. The molecule has 0 rings (SSSR count). The van der Waals surface area contributed by atoms with Gasteiger partial charge in [0.2, 0.25) is 0 Å². The molecule has 0 aliphatic rings. The molecule has 0 aliphatic carbocycles. The van der Waals surface area contributed by atoms with Gasteiger partial charge in [0.1, 0.15) is 6.04 Å². The highest BCUT2D eigenvalue weighted by Gasteiger charge is 2.08. The van der Waals surface area contributed by atoms with Crippen LogP contribution in [0.25, 0.3) is 0 Å². The number of rotatable bonds is 8. The number of carbonyl (C=O) groups is 2. The molecule has 0 aromatic heterocycles. The van der Waals surface area contributed by atoms with Crippen molar-refractivity contribution in [3.63, 3.8) is 0 Å². The average molecular weight is 254 g/mol. The van der Waals surface area contributed by atoms with Crippen molar-refractivity contribution in [2.75, 3.05) is 13.2 Å². The van der Waals surface area contributed by atoms with E-state index in [-0.39, 0.29) is 18.4 Å². The van der Waals surface area contributed by atoms with Crippen LogP contribution >= 0.6 is 12.4 Å². The van der Waals surface area contributed by atoms with Gasteiger partial charge < -0.3 is 15.2 Å². The number of esters is 1. The number of aliphatic carboxylic acids is 1. The maximum atomic E-state index is 10.9. The number of hydrogen-bond donors (Lipinski definition) is 2. The topological polar surface area (TPSA) is 75.6 Å². The second kappa shape index (κ2) is 10.7. The molecule has 0 fully saturated rings. The highest BCUT2D eigenvalue weighted by atomic mass is 35.5. The molecule has 0 heterocycles. The van der Waals surface area contributed by atoms with E-state index in [0.717, 1.165) is 12.8 Å². The maximum Gasteiger partial charge on any atom is 0.320 e. The van der Waals surface area contributed by atoms with Crippen LogP contribution in [0.4, 0.5) is 0 Å². The first-order valence-corrected chi connectivity index (χ1v) is 5.19. The Morgan fingerprint density at radius 3 is 2.50 bits per heavy atom. The molecule has 0 aromatic rings. The Kier molecular flexibility index (Phi) is 11.8. The van der Waals surface area contributed by atoms with Gasteiger partial charge in [0.15, 0.2) is 0 Å². The van der Waals surface area contributed by atoms with Gasteiger partial charge in [0.05, 0.1) is 6.61 Å². The van der Waals surface area contributed by atoms with E-state index in [1.54, 1.807) is 13.8 Å². The van der Waals surface area contributed by atoms with Gasteiger partial charge in [-0.2, -0.15) is 0 Å². The van der Waals surface area contributed by atoms with Gasteiger partial charge in [-0.15, -0.1) is 12.4 Å². The van der Waals surface area contributed by atoms with Crippen molar-refractivity contribution >= 4 is 24.3 Å². The fourth-order valence-electron chi connectivity index (χ4n) is 1.03. The summed E-state index contributed by atoms with van der Waals surface area (Å²) in [5.74, 6) is -1.05. The maximum absolute atomic E-state index is 10.9. The lowest BCUT2D eigenvalue weighted by molar-refractivity contribution is -0.143. The van der Waals surface area contributed by atoms with Crippen molar-refractivity contribution < 1.29 is 19.4 Å². The number of unbranched alkanes of at least 4 members (excludes halogenated alkanes) is 1. The molecule has 16 heavy (non-hydrogen) atoms. The van der Waals surface area contributed by atoms with Gasteiger partial charge in [-0.3, -0.25) is 9.59 Å². The van der Waals surface area contributed by atoms with E-state index in [9.17, 15) is 9.59 Å². The van der Waals surface area contributed by atoms with Crippen LogP contribution in [0, 0.1) is 0 Å². The van der Waals surface area contributed by atoms with Crippen molar-refractivity contribution in [2.24, 2.45) is 0 Å². The first-order valence-electron chi connectivity index (χ1n) is 5.19. The predicted octanol–water partition coefficient (Wildman–Crippen LogP) is 1.20. The molecule has 0 spiro atoms. The lowest BCUT2D eigenvalue weighted by Crippen LogP contribution is -2.34. The lowest BCUT2D eigenvalue weighted by Gasteiger charge is -2.08. The van der Waals surface area contributed by atoms with E-state index in [1.807, 2.05) is 0 Å². The number of carbonyl (C=O) groups excluding carboxylic acids is 1. The molecule has 0 amide bonds. The third-order valence-electron chi connectivity index (χ3n) is 1.93. The highest BCUT2D eigenvalue weighted by Crippen LogP contribution is 1.97. The highest BCUT2D eigenvalue weighted by molar-refractivity contribution is 5.85. The summed E-state index contributed by atoms with van der Waals surface area (Å²) in [7, 11) is 0. The molecule has 1 atom stereocenters. The third-order valence-corrected chi connectivity index (χ3v) is 1.93. The zero-order chi connectivity index (χ0) is 11.7. The minimum atomic E-state index is -0.861. The molecule has 6 heteroatoms. The zero-order valence-corrected chi connectivity index (χ0v) is 10.5. The van der Waals surface area contributed by atoms with Gasteiger partial charge in [-0.1, -0.05) is 0 Å². The fourth-order valence-corrected chi connectivity index (χ4v) is 1.03. The molecular weight excluding hydrogens is 234 g/mol. The summed E-state index contributed by atoms with van der Waals surface area (Å²) in [5.41, 5.74) is 0. The predicted molar refractivity (Wildman–Crippen MR) is 62.8 cm³/mol. The number of halogens is 1. The summed E-state index contributed by atoms with van der Waals surface area (Å²) in [5, 5.41) is 11.4. The van der Waals surface area contributed by atoms with Crippen molar-refractivity contribution in [1.82, 2.24) is 5.32 Å². The van der Waals surface area contributed by atoms with Crippen LogP contribution in [-0.2, 0) is 14.3 Å². The van der Waals surface area contributed by atoms with Gasteiger partial charge >= 0.3 is 11.9 Å². The summed E-state index contributed by atoms with van der Waals surface area (Å²) >= 11 is 0. The van der Waals surface area contributed by atoms with Crippen LogP contribution in [0.2, 0.25) is 0 Å². The normalized spacial score (nSPS) is 11.4. The van der Waals surface area contributed by atoms with E-state index in [4.69, 9.17) is 9.84 Å². The molecule has 5 nitrogen and oxygen atoms in total. The second-order valence-corrected chi connectivity index (χ2v) is 3.28. The molecule has 0 aromatic carbocycles. The third kappa shape index (κ3) is 9.73. The Morgan fingerprint density at radius 1 is 1.38 bits per heavy atom. The lowest BCUT2D eigenvalue weighted by atomic mass is 10.2. The molecule has 0 aliphatic heterocycles. The summed E-state index contributed by atoms with van der Waals surface area (Å²) in [6, 6.07) is -0.535. The number of hydrogen-bond acceptors (Lipinski definition) is 4.